The van der Waals surface area contributed by atoms with Gasteiger partial charge in [-0.15, -0.1) is 0 Å². The highest BCUT2D eigenvalue weighted by molar-refractivity contribution is 5.78. The van der Waals surface area contributed by atoms with Crippen molar-refractivity contribution in [1.29, 1.82) is 0 Å². The van der Waals surface area contributed by atoms with E-state index < -0.39 is 4.92 Å². The van der Waals surface area contributed by atoms with Crippen LogP contribution in [0.15, 0.2) is 18.2 Å². The molecule has 0 aliphatic carbocycles. The van der Waals surface area contributed by atoms with Gasteiger partial charge in [0.25, 0.3) is 5.91 Å². The van der Waals surface area contributed by atoms with Gasteiger partial charge in [-0.2, -0.15) is 0 Å². The van der Waals surface area contributed by atoms with Crippen LogP contribution in [0.3, 0.4) is 0 Å². The summed E-state index contributed by atoms with van der Waals surface area (Å²) in [6, 6.07) is 4.35. The second kappa shape index (κ2) is 6.33. The van der Waals surface area contributed by atoms with Gasteiger partial charge in [0.1, 0.15) is 0 Å². The van der Waals surface area contributed by atoms with Crippen molar-refractivity contribution in [3.05, 3.63) is 33.9 Å². The molecule has 1 aromatic carbocycles. The van der Waals surface area contributed by atoms with Crippen molar-refractivity contribution in [3.8, 4) is 5.75 Å². The minimum atomic E-state index is -0.558. The first-order valence-corrected chi connectivity index (χ1v) is 6.14. The molecule has 7 nitrogen and oxygen atoms in total. The summed E-state index contributed by atoms with van der Waals surface area (Å²) in [5, 5.41) is 13.6. The molecule has 3 N–H and O–H groups in total. The van der Waals surface area contributed by atoms with Gasteiger partial charge in [-0.3, -0.25) is 14.9 Å². The van der Waals surface area contributed by atoms with E-state index in [1.165, 1.54) is 12.1 Å². The summed E-state index contributed by atoms with van der Waals surface area (Å²) in [6.45, 7) is 5.46. The predicted molar refractivity (Wildman–Crippen MR) is 74.4 cm³/mol. The largest absolute Gasteiger partial charge is 0.477 e. The van der Waals surface area contributed by atoms with E-state index in [0.717, 1.165) is 0 Å². The Morgan fingerprint density at radius 3 is 2.60 bits per heavy atom. The van der Waals surface area contributed by atoms with Crippen LogP contribution in [-0.4, -0.2) is 23.0 Å². The van der Waals surface area contributed by atoms with Gasteiger partial charge >= 0.3 is 5.69 Å². The van der Waals surface area contributed by atoms with Crippen molar-refractivity contribution in [2.75, 3.05) is 6.61 Å². The SMILES string of the molecule is CC(C)(C)NC(=O)COc1cc(CN)ccc1[N+](=O)[O-]. The Bertz CT molecular complexity index is 509. The number of nitrogens with one attached hydrogen (secondary N) is 1. The quantitative estimate of drug-likeness (QED) is 0.625. The molecular formula is C13H19N3O4. The first kappa shape index (κ1) is 15.9. The average molecular weight is 281 g/mol. The number of nitro groups is 1. The zero-order chi connectivity index (χ0) is 15.3. The Morgan fingerprint density at radius 2 is 2.10 bits per heavy atom. The van der Waals surface area contributed by atoms with Crippen molar-refractivity contribution in [2.24, 2.45) is 5.73 Å². The van der Waals surface area contributed by atoms with Gasteiger partial charge in [0.05, 0.1) is 4.92 Å². The van der Waals surface area contributed by atoms with Crippen LogP contribution in [-0.2, 0) is 11.3 Å². The molecule has 20 heavy (non-hydrogen) atoms. The first-order chi connectivity index (χ1) is 9.23. The van der Waals surface area contributed by atoms with E-state index in [-0.39, 0.29) is 36.0 Å². The minimum absolute atomic E-state index is 0.0435. The van der Waals surface area contributed by atoms with Crippen LogP contribution in [0.5, 0.6) is 5.75 Å². The van der Waals surface area contributed by atoms with Crippen molar-refractivity contribution >= 4 is 11.6 Å². The maximum absolute atomic E-state index is 11.6. The van der Waals surface area contributed by atoms with Crippen molar-refractivity contribution in [1.82, 2.24) is 5.32 Å². The summed E-state index contributed by atoms with van der Waals surface area (Å²) in [4.78, 5) is 22.0. The monoisotopic (exact) mass is 281 g/mol. The lowest BCUT2D eigenvalue weighted by molar-refractivity contribution is -0.385. The number of amides is 1. The van der Waals surface area contributed by atoms with Crippen LogP contribution in [0.4, 0.5) is 5.69 Å². The fraction of sp³-hybridized carbons (Fsp3) is 0.462. The van der Waals surface area contributed by atoms with Gasteiger partial charge in [0.2, 0.25) is 0 Å². The fourth-order valence-corrected chi connectivity index (χ4v) is 1.55. The molecular weight excluding hydrogens is 262 g/mol. The lowest BCUT2D eigenvalue weighted by atomic mass is 10.1. The van der Waals surface area contributed by atoms with Crippen LogP contribution >= 0.6 is 0 Å². The third kappa shape index (κ3) is 4.85. The molecule has 0 spiro atoms. The van der Waals surface area contributed by atoms with E-state index >= 15 is 0 Å². The Kier molecular flexibility index (Phi) is 5.04. The normalized spacial score (nSPS) is 11.0. The summed E-state index contributed by atoms with van der Waals surface area (Å²) in [7, 11) is 0. The summed E-state index contributed by atoms with van der Waals surface area (Å²) < 4.78 is 5.24. The van der Waals surface area contributed by atoms with Crippen LogP contribution in [0.25, 0.3) is 0 Å². The molecule has 0 radical (unpaired) electrons. The number of nitro benzene ring substituents is 1. The van der Waals surface area contributed by atoms with Gasteiger partial charge in [-0.05, 0) is 32.4 Å². The third-order valence-electron chi connectivity index (χ3n) is 2.33. The molecule has 0 unspecified atom stereocenters. The first-order valence-electron chi connectivity index (χ1n) is 6.14. The molecule has 0 saturated heterocycles. The maximum Gasteiger partial charge on any atom is 0.310 e. The maximum atomic E-state index is 11.6. The van der Waals surface area contributed by atoms with E-state index in [0.29, 0.717) is 5.56 Å². The smallest absolute Gasteiger partial charge is 0.310 e. The molecule has 1 rings (SSSR count). The molecule has 0 saturated carbocycles. The van der Waals surface area contributed by atoms with Crippen molar-refractivity contribution in [2.45, 2.75) is 32.9 Å². The second-order valence-electron chi connectivity index (χ2n) is 5.35. The van der Waals surface area contributed by atoms with E-state index in [9.17, 15) is 14.9 Å². The van der Waals surface area contributed by atoms with Gasteiger partial charge in [0, 0.05) is 18.2 Å². The van der Waals surface area contributed by atoms with E-state index in [4.69, 9.17) is 10.5 Å². The zero-order valence-electron chi connectivity index (χ0n) is 11.8. The highest BCUT2D eigenvalue weighted by Crippen LogP contribution is 2.27. The van der Waals surface area contributed by atoms with Crippen LogP contribution in [0.1, 0.15) is 26.3 Å². The highest BCUT2D eigenvalue weighted by atomic mass is 16.6. The van der Waals surface area contributed by atoms with E-state index in [1.54, 1.807) is 6.07 Å². The van der Waals surface area contributed by atoms with Crippen LogP contribution in [0.2, 0.25) is 0 Å². The Labute approximate surface area is 117 Å². The lowest BCUT2D eigenvalue weighted by Gasteiger charge is -2.20. The lowest BCUT2D eigenvalue weighted by Crippen LogP contribution is -2.43. The molecule has 1 amide bonds. The van der Waals surface area contributed by atoms with Crippen LogP contribution < -0.4 is 15.8 Å². The topological polar surface area (TPSA) is 107 Å². The molecule has 110 valence electrons. The molecule has 0 aromatic heterocycles. The number of rotatable bonds is 5. The van der Waals surface area contributed by atoms with E-state index in [2.05, 4.69) is 5.32 Å². The summed E-state index contributed by atoms with van der Waals surface area (Å²) in [6.07, 6.45) is 0. The second-order valence-corrected chi connectivity index (χ2v) is 5.35. The Morgan fingerprint density at radius 1 is 1.45 bits per heavy atom. The number of hydrogen-bond acceptors (Lipinski definition) is 5. The molecule has 0 fully saturated rings. The summed E-state index contributed by atoms with van der Waals surface area (Å²) >= 11 is 0. The molecule has 0 aliphatic heterocycles. The molecule has 0 heterocycles. The van der Waals surface area contributed by atoms with Gasteiger partial charge < -0.3 is 15.8 Å². The number of nitrogens with zero attached hydrogens (tertiary/aromatic N) is 1. The summed E-state index contributed by atoms with van der Waals surface area (Å²) in [5.74, 6) is -0.299. The van der Waals surface area contributed by atoms with E-state index in [1.807, 2.05) is 20.8 Å². The van der Waals surface area contributed by atoms with Crippen LogP contribution in [0, 0.1) is 10.1 Å². The van der Waals surface area contributed by atoms with Crippen molar-refractivity contribution in [3.63, 3.8) is 0 Å². The number of carbonyl (C=O) groups excluding carboxylic acids is 1. The molecule has 0 atom stereocenters. The highest BCUT2D eigenvalue weighted by Gasteiger charge is 2.18. The van der Waals surface area contributed by atoms with Gasteiger partial charge in [-0.25, -0.2) is 0 Å². The molecule has 0 aliphatic rings. The zero-order valence-corrected chi connectivity index (χ0v) is 11.8. The van der Waals surface area contributed by atoms with Gasteiger partial charge in [0.15, 0.2) is 12.4 Å². The number of carbonyl (C=O) groups is 1. The predicted octanol–water partition coefficient (Wildman–Crippen LogP) is 1.35. The number of hydrogen-bond donors (Lipinski definition) is 2. The minimum Gasteiger partial charge on any atom is -0.477 e. The van der Waals surface area contributed by atoms with Crippen molar-refractivity contribution < 1.29 is 14.5 Å². The number of nitrogens with two attached hydrogens (primary N) is 1. The Balaban J connectivity index is 2.80. The number of ether oxygens (including phenoxy) is 1. The summed E-state index contributed by atoms with van der Waals surface area (Å²) in [5.41, 5.74) is 5.60. The molecule has 7 heteroatoms. The standard InChI is InChI=1S/C13H19N3O4/c1-13(2,3)15-12(17)8-20-11-6-9(7-14)4-5-10(11)16(18)19/h4-6H,7-8,14H2,1-3H3,(H,15,17). The van der Waals surface area contributed by atoms with Gasteiger partial charge in [-0.1, -0.05) is 6.07 Å². The fourth-order valence-electron chi connectivity index (χ4n) is 1.55. The molecule has 1 aromatic rings. The average Bonchev–Trinajstić information content (AvgIpc) is 2.33. The Hall–Kier alpha value is -2.15. The number of benzene rings is 1. The molecule has 0 bridgehead atoms. The third-order valence-corrected chi connectivity index (χ3v) is 2.33.